The van der Waals surface area contributed by atoms with Gasteiger partial charge in [0.1, 0.15) is 11.4 Å². The molecule has 0 unspecified atom stereocenters. The summed E-state index contributed by atoms with van der Waals surface area (Å²) in [5, 5.41) is 4.31. The molecule has 0 spiro atoms. The largest absolute Gasteiger partial charge is 0.481 e. The van der Waals surface area contributed by atoms with Crippen molar-refractivity contribution in [2.75, 3.05) is 18.5 Å². The van der Waals surface area contributed by atoms with Gasteiger partial charge in [-0.15, -0.1) is 0 Å². The summed E-state index contributed by atoms with van der Waals surface area (Å²) in [5.74, 6) is 0.112. The number of fused-ring (bicyclic) bond motifs is 1. The highest BCUT2D eigenvalue weighted by atomic mass is 16.6. The molecule has 0 aromatic heterocycles. The molecule has 0 bridgehead atoms. The Morgan fingerprint density at radius 2 is 1.72 bits per heavy atom. The number of hydrogen-bond donors (Lipinski definition) is 1. The van der Waals surface area contributed by atoms with Gasteiger partial charge >= 0.3 is 12.1 Å². The standard InChI is InChI=1S/C19H23NO5/c1-5-23-17(21)12-24-16-11-7-8-13-14(16)9-6-10-15(13)20-18(22)25-19(2,3)4/h6-11H,5,12H2,1-4H3,(H,20,22). The number of esters is 1. The molecule has 2 aromatic carbocycles. The van der Waals surface area contributed by atoms with Crippen LogP contribution >= 0.6 is 0 Å². The van der Waals surface area contributed by atoms with Crippen molar-refractivity contribution in [1.29, 1.82) is 0 Å². The van der Waals surface area contributed by atoms with Crippen LogP contribution in [-0.2, 0) is 14.3 Å². The van der Waals surface area contributed by atoms with Crippen molar-refractivity contribution in [2.45, 2.75) is 33.3 Å². The van der Waals surface area contributed by atoms with Gasteiger partial charge in [0.25, 0.3) is 0 Å². The maximum atomic E-state index is 12.0. The number of carbonyl (C=O) groups excluding carboxylic acids is 2. The lowest BCUT2D eigenvalue weighted by Crippen LogP contribution is -2.27. The third-order valence-corrected chi connectivity index (χ3v) is 3.17. The molecule has 0 fully saturated rings. The molecule has 0 saturated heterocycles. The first-order valence-electron chi connectivity index (χ1n) is 8.10. The van der Waals surface area contributed by atoms with Crippen molar-refractivity contribution in [3.63, 3.8) is 0 Å². The highest BCUT2D eigenvalue weighted by Gasteiger charge is 2.17. The number of nitrogens with one attached hydrogen (secondary N) is 1. The number of carbonyl (C=O) groups is 2. The molecule has 0 aliphatic carbocycles. The summed E-state index contributed by atoms with van der Waals surface area (Å²) in [7, 11) is 0. The van der Waals surface area contributed by atoms with Crippen LogP contribution in [0, 0.1) is 0 Å². The number of amides is 1. The summed E-state index contributed by atoms with van der Waals surface area (Å²) in [5.41, 5.74) is 0.0242. The molecule has 2 rings (SSSR count). The Hall–Kier alpha value is -2.76. The summed E-state index contributed by atoms with van der Waals surface area (Å²) in [4.78, 5) is 23.5. The van der Waals surface area contributed by atoms with Gasteiger partial charge in [0.2, 0.25) is 0 Å². The molecule has 0 aliphatic heterocycles. The van der Waals surface area contributed by atoms with Crippen molar-refractivity contribution in [3.8, 4) is 5.75 Å². The van der Waals surface area contributed by atoms with Crippen LogP contribution in [-0.4, -0.2) is 30.9 Å². The Bertz CT molecular complexity index is 764. The van der Waals surface area contributed by atoms with Crippen LogP contribution in [0.1, 0.15) is 27.7 Å². The summed E-state index contributed by atoms with van der Waals surface area (Å²) in [6, 6.07) is 10.9. The van der Waals surface area contributed by atoms with Crippen LogP contribution in [0.15, 0.2) is 36.4 Å². The molecule has 134 valence electrons. The molecule has 0 saturated carbocycles. The van der Waals surface area contributed by atoms with Gasteiger partial charge in [-0.05, 0) is 39.8 Å². The molecule has 1 amide bonds. The Morgan fingerprint density at radius 1 is 1.04 bits per heavy atom. The van der Waals surface area contributed by atoms with E-state index in [4.69, 9.17) is 14.2 Å². The molecular weight excluding hydrogens is 322 g/mol. The zero-order chi connectivity index (χ0) is 18.4. The van der Waals surface area contributed by atoms with E-state index < -0.39 is 17.7 Å². The van der Waals surface area contributed by atoms with Crippen LogP contribution in [0.2, 0.25) is 0 Å². The van der Waals surface area contributed by atoms with E-state index in [1.807, 2.05) is 12.1 Å². The second-order valence-electron chi connectivity index (χ2n) is 6.38. The van der Waals surface area contributed by atoms with E-state index in [1.165, 1.54) is 0 Å². The van der Waals surface area contributed by atoms with Crippen molar-refractivity contribution < 1.29 is 23.8 Å². The van der Waals surface area contributed by atoms with Gasteiger partial charge in [0.05, 0.1) is 12.3 Å². The quantitative estimate of drug-likeness (QED) is 0.825. The van der Waals surface area contributed by atoms with Gasteiger partial charge < -0.3 is 14.2 Å². The Labute approximate surface area is 147 Å². The van der Waals surface area contributed by atoms with Gasteiger partial charge in [-0.1, -0.05) is 24.3 Å². The fraction of sp³-hybridized carbons (Fsp3) is 0.368. The van der Waals surface area contributed by atoms with E-state index >= 15 is 0 Å². The average Bonchev–Trinajstić information content (AvgIpc) is 2.51. The second kappa shape index (κ2) is 7.88. The minimum atomic E-state index is -0.581. The molecule has 6 heteroatoms. The third kappa shape index (κ3) is 5.38. The first-order valence-corrected chi connectivity index (χ1v) is 8.10. The molecule has 0 atom stereocenters. The molecule has 1 N–H and O–H groups in total. The number of ether oxygens (including phenoxy) is 3. The highest BCUT2D eigenvalue weighted by Crippen LogP contribution is 2.31. The monoisotopic (exact) mass is 345 g/mol. The molecular formula is C19H23NO5. The lowest BCUT2D eigenvalue weighted by atomic mass is 10.1. The van der Waals surface area contributed by atoms with E-state index in [-0.39, 0.29) is 6.61 Å². The molecule has 0 radical (unpaired) electrons. The zero-order valence-corrected chi connectivity index (χ0v) is 14.9. The minimum Gasteiger partial charge on any atom is -0.481 e. The zero-order valence-electron chi connectivity index (χ0n) is 14.9. The summed E-state index contributed by atoms with van der Waals surface area (Å²) >= 11 is 0. The van der Waals surface area contributed by atoms with Crippen molar-refractivity contribution in [1.82, 2.24) is 0 Å². The summed E-state index contributed by atoms with van der Waals surface area (Å²) in [6.07, 6.45) is -0.530. The second-order valence-corrected chi connectivity index (χ2v) is 6.38. The number of anilines is 1. The highest BCUT2D eigenvalue weighted by molar-refractivity contribution is 6.02. The summed E-state index contributed by atoms with van der Waals surface area (Å²) in [6.45, 7) is 7.29. The van der Waals surface area contributed by atoms with E-state index in [0.717, 1.165) is 10.8 Å². The normalized spacial score (nSPS) is 11.0. The van der Waals surface area contributed by atoms with Crippen LogP contribution < -0.4 is 10.1 Å². The molecule has 6 nitrogen and oxygen atoms in total. The van der Waals surface area contributed by atoms with Crippen LogP contribution in [0.3, 0.4) is 0 Å². The van der Waals surface area contributed by atoms with Gasteiger partial charge in [0, 0.05) is 10.8 Å². The van der Waals surface area contributed by atoms with Crippen LogP contribution in [0.4, 0.5) is 10.5 Å². The number of hydrogen-bond acceptors (Lipinski definition) is 5. The van der Waals surface area contributed by atoms with E-state index in [1.54, 1.807) is 52.0 Å². The van der Waals surface area contributed by atoms with Crippen LogP contribution in [0.25, 0.3) is 10.8 Å². The minimum absolute atomic E-state index is 0.170. The van der Waals surface area contributed by atoms with Gasteiger partial charge in [-0.3, -0.25) is 5.32 Å². The maximum absolute atomic E-state index is 12.0. The predicted molar refractivity (Wildman–Crippen MR) is 95.9 cm³/mol. The van der Waals surface area contributed by atoms with Crippen LogP contribution in [0.5, 0.6) is 5.75 Å². The Morgan fingerprint density at radius 3 is 2.40 bits per heavy atom. The lowest BCUT2D eigenvalue weighted by Gasteiger charge is -2.20. The van der Waals surface area contributed by atoms with E-state index in [0.29, 0.717) is 18.0 Å². The first-order chi connectivity index (χ1) is 11.8. The van der Waals surface area contributed by atoms with Gasteiger partial charge in [-0.25, -0.2) is 9.59 Å². The summed E-state index contributed by atoms with van der Waals surface area (Å²) < 4.78 is 15.7. The SMILES string of the molecule is CCOC(=O)COc1cccc2c(NC(=O)OC(C)(C)C)cccc12. The molecule has 2 aromatic rings. The topological polar surface area (TPSA) is 73.9 Å². The van der Waals surface area contributed by atoms with Crippen molar-refractivity contribution in [2.24, 2.45) is 0 Å². The number of rotatable bonds is 5. The molecule has 0 aliphatic rings. The smallest absolute Gasteiger partial charge is 0.412 e. The molecule has 25 heavy (non-hydrogen) atoms. The Balaban J connectivity index is 2.22. The lowest BCUT2D eigenvalue weighted by molar-refractivity contribution is -0.145. The van der Waals surface area contributed by atoms with Gasteiger partial charge in [-0.2, -0.15) is 0 Å². The Kier molecular flexibility index (Phi) is 5.85. The molecule has 0 heterocycles. The van der Waals surface area contributed by atoms with Gasteiger partial charge in [0.15, 0.2) is 6.61 Å². The van der Waals surface area contributed by atoms with E-state index in [9.17, 15) is 9.59 Å². The first kappa shape index (κ1) is 18.6. The van der Waals surface area contributed by atoms with E-state index in [2.05, 4.69) is 5.32 Å². The fourth-order valence-corrected chi connectivity index (χ4v) is 2.27. The fourth-order valence-electron chi connectivity index (χ4n) is 2.27. The average molecular weight is 345 g/mol. The maximum Gasteiger partial charge on any atom is 0.412 e. The predicted octanol–water partition coefficient (Wildman–Crippen LogP) is 4.13. The van der Waals surface area contributed by atoms with Crippen molar-refractivity contribution >= 4 is 28.5 Å². The number of benzene rings is 2. The third-order valence-electron chi connectivity index (χ3n) is 3.17. The van der Waals surface area contributed by atoms with Crippen molar-refractivity contribution in [3.05, 3.63) is 36.4 Å².